The highest BCUT2D eigenvalue weighted by atomic mass is 127. The summed E-state index contributed by atoms with van der Waals surface area (Å²) in [7, 11) is 0. The SMILES string of the molecule is CCOC(=O)c1nnc(SCc2ccc(I)cc2)o1. The van der Waals surface area contributed by atoms with Crippen molar-refractivity contribution in [3.05, 3.63) is 39.3 Å². The minimum atomic E-state index is -0.587. The molecule has 0 unspecified atom stereocenters. The fourth-order valence-corrected chi connectivity index (χ4v) is 2.35. The van der Waals surface area contributed by atoms with E-state index in [-0.39, 0.29) is 12.5 Å². The third kappa shape index (κ3) is 4.20. The Balaban J connectivity index is 1.93. The van der Waals surface area contributed by atoms with E-state index in [0.29, 0.717) is 11.0 Å². The molecule has 7 heteroatoms. The average Bonchev–Trinajstić information content (AvgIpc) is 2.87. The maximum atomic E-state index is 11.3. The molecule has 0 atom stereocenters. The van der Waals surface area contributed by atoms with Crippen LogP contribution in [0.3, 0.4) is 0 Å². The van der Waals surface area contributed by atoms with Gasteiger partial charge in [0.25, 0.3) is 5.22 Å². The number of aromatic nitrogens is 2. The summed E-state index contributed by atoms with van der Waals surface area (Å²) in [6, 6.07) is 8.15. The molecule has 1 aromatic heterocycles. The van der Waals surface area contributed by atoms with Gasteiger partial charge in [0.1, 0.15) is 0 Å². The first kappa shape index (κ1) is 14.3. The summed E-state index contributed by atoms with van der Waals surface area (Å²) < 4.78 is 11.2. The molecule has 5 nitrogen and oxygen atoms in total. The number of esters is 1. The minimum absolute atomic E-state index is 0.105. The van der Waals surface area contributed by atoms with Crippen molar-refractivity contribution in [2.24, 2.45) is 0 Å². The van der Waals surface area contributed by atoms with Crippen LogP contribution in [0.25, 0.3) is 0 Å². The summed E-state index contributed by atoms with van der Waals surface area (Å²) in [5.41, 5.74) is 1.15. The van der Waals surface area contributed by atoms with E-state index in [4.69, 9.17) is 9.15 Å². The van der Waals surface area contributed by atoms with Crippen LogP contribution in [0.5, 0.6) is 0 Å². The van der Waals surface area contributed by atoms with Gasteiger partial charge in [-0.05, 0) is 47.2 Å². The van der Waals surface area contributed by atoms with Crippen molar-refractivity contribution in [1.29, 1.82) is 0 Å². The number of carbonyl (C=O) groups excluding carboxylic acids is 1. The maximum absolute atomic E-state index is 11.3. The van der Waals surface area contributed by atoms with Crippen LogP contribution in [0.1, 0.15) is 23.2 Å². The highest BCUT2D eigenvalue weighted by molar-refractivity contribution is 14.1. The molecule has 0 fully saturated rings. The monoisotopic (exact) mass is 390 g/mol. The summed E-state index contributed by atoms with van der Waals surface area (Å²) in [6.45, 7) is 2.01. The van der Waals surface area contributed by atoms with Gasteiger partial charge < -0.3 is 9.15 Å². The molecule has 0 N–H and O–H groups in total. The number of thioether (sulfide) groups is 1. The van der Waals surface area contributed by atoms with E-state index >= 15 is 0 Å². The molecule has 100 valence electrons. The Kier molecular flexibility index (Phi) is 5.20. The summed E-state index contributed by atoms with van der Waals surface area (Å²) in [6.07, 6.45) is 0. The Labute approximate surface area is 128 Å². The van der Waals surface area contributed by atoms with E-state index in [1.165, 1.54) is 15.3 Å². The summed E-state index contributed by atoms with van der Waals surface area (Å²) in [5.74, 6) is 0.0181. The summed E-state index contributed by atoms with van der Waals surface area (Å²) >= 11 is 3.64. The van der Waals surface area contributed by atoms with E-state index in [2.05, 4.69) is 32.8 Å². The Morgan fingerprint density at radius 1 is 1.37 bits per heavy atom. The van der Waals surface area contributed by atoms with Crippen molar-refractivity contribution in [2.75, 3.05) is 6.61 Å². The van der Waals surface area contributed by atoms with Crippen molar-refractivity contribution in [2.45, 2.75) is 17.9 Å². The van der Waals surface area contributed by atoms with Gasteiger partial charge in [0, 0.05) is 9.32 Å². The number of halogens is 1. The van der Waals surface area contributed by atoms with Gasteiger partial charge >= 0.3 is 11.9 Å². The fraction of sp³-hybridized carbons (Fsp3) is 0.250. The highest BCUT2D eigenvalue weighted by Gasteiger charge is 2.15. The van der Waals surface area contributed by atoms with E-state index in [9.17, 15) is 4.79 Å². The molecule has 0 aliphatic heterocycles. The van der Waals surface area contributed by atoms with Crippen molar-refractivity contribution in [3.63, 3.8) is 0 Å². The molecule has 1 aromatic carbocycles. The van der Waals surface area contributed by atoms with Gasteiger partial charge in [-0.1, -0.05) is 29.0 Å². The molecule has 0 bridgehead atoms. The Hall–Kier alpha value is -1.09. The highest BCUT2D eigenvalue weighted by Crippen LogP contribution is 2.22. The van der Waals surface area contributed by atoms with E-state index in [0.717, 1.165) is 5.56 Å². The van der Waals surface area contributed by atoms with Crippen LogP contribution in [0.15, 0.2) is 33.9 Å². The molecule has 0 aliphatic rings. The maximum Gasteiger partial charge on any atom is 0.396 e. The molecule has 0 spiro atoms. The molecule has 19 heavy (non-hydrogen) atoms. The lowest BCUT2D eigenvalue weighted by molar-refractivity contribution is 0.0475. The van der Waals surface area contributed by atoms with Crippen LogP contribution < -0.4 is 0 Å². The molecule has 0 aliphatic carbocycles. The lowest BCUT2D eigenvalue weighted by atomic mass is 10.2. The summed E-state index contributed by atoms with van der Waals surface area (Å²) in [4.78, 5) is 11.3. The van der Waals surface area contributed by atoms with Crippen LogP contribution in [-0.2, 0) is 10.5 Å². The number of hydrogen-bond acceptors (Lipinski definition) is 6. The second-order valence-corrected chi connectivity index (χ2v) is 5.68. The predicted molar refractivity (Wildman–Crippen MR) is 79.0 cm³/mol. The standard InChI is InChI=1S/C12H11IN2O3S/c1-2-17-11(16)10-14-15-12(18-10)19-7-8-3-5-9(13)6-4-8/h3-6H,2,7H2,1H3. The molecule has 1 heterocycles. The van der Waals surface area contributed by atoms with E-state index in [1.807, 2.05) is 24.3 Å². The molecule has 0 amide bonds. The van der Waals surface area contributed by atoms with Gasteiger partial charge in [-0.3, -0.25) is 0 Å². The Morgan fingerprint density at radius 3 is 2.79 bits per heavy atom. The van der Waals surface area contributed by atoms with Crippen LogP contribution >= 0.6 is 34.4 Å². The van der Waals surface area contributed by atoms with Crippen LogP contribution in [0.2, 0.25) is 0 Å². The van der Waals surface area contributed by atoms with Crippen LogP contribution in [0.4, 0.5) is 0 Å². The Bertz CT molecular complexity index is 556. The number of nitrogens with zero attached hydrogens (tertiary/aromatic N) is 2. The zero-order chi connectivity index (χ0) is 13.7. The van der Waals surface area contributed by atoms with Crippen LogP contribution in [-0.4, -0.2) is 22.8 Å². The van der Waals surface area contributed by atoms with Gasteiger partial charge in [-0.25, -0.2) is 4.79 Å². The second-order valence-electron chi connectivity index (χ2n) is 3.51. The molecular weight excluding hydrogens is 379 g/mol. The van der Waals surface area contributed by atoms with Crippen molar-refractivity contribution in [1.82, 2.24) is 10.2 Å². The first-order valence-corrected chi connectivity index (χ1v) is 7.63. The molecule has 2 aromatic rings. The van der Waals surface area contributed by atoms with Gasteiger partial charge in [0.15, 0.2) is 0 Å². The Morgan fingerprint density at radius 2 is 2.11 bits per heavy atom. The quantitative estimate of drug-likeness (QED) is 0.444. The summed E-state index contributed by atoms with van der Waals surface area (Å²) in [5, 5.41) is 7.81. The first-order valence-electron chi connectivity index (χ1n) is 5.57. The van der Waals surface area contributed by atoms with E-state index in [1.54, 1.807) is 6.92 Å². The van der Waals surface area contributed by atoms with Crippen molar-refractivity contribution < 1.29 is 13.9 Å². The van der Waals surface area contributed by atoms with Gasteiger partial charge in [0.2, 0.25) is 0 Å². The lowest BCUT2D eigenvalue weighted by Crippen LogP contribution is -2.04. The largest absolute Gasteiger partial charge is 0.459 e. The average molecular weight is 390 g/mol. The normalized spacial score (nSPS) is 10.4. The zero-order valence-electron chi connectivity index (χ0n) is 10.1. The molecular formula is C12H11IN2O3S. The lowest BCUT2D eigenvalue weighted by Gasteiger charge is -1.98. The van der Waals surface area contributed by atoms with Gasteiger partial charge in [0.05, 0.1) is 6.61 Å². The van der Waals surface area contributed by atoms with Crippen molar-refractivity contribution in [3.8, 4) is 0 Å². The number of carbonyl (C=O) groups is 1. The minimum Gasteiger partial charge on any atom is -0.459 e. The molecule has 0 saturated heterocycles. The van der Waals surface area contributed by atoms with Gasteiger partial charge in [-0.15, -0.1) is 5.10 Å². The smallest absolute Gasteiger partial charge is 0.396 e. The molecule has 2 rings (SSSR count). The molecule has 0 saturated carbocycles. The van der Waals surface area contributed by atoms with E-state index < -0.39 is 5.97 Å². The molecule has 0 radical (unpaired) electrons. The van der Waals surface area contributed by atoms with Gasteiger partial charge in [-0.2, -0.15) is 0 Å². The number of hydrogen-bond donors (Lipinski definition) is 0. The second kappa shape index (κ2) is 6.90. The zero-order valence-corrected chi connectivity index (χ0v) is 13.1. The fourth-order valence-electron chi connectivity index (χ4n) is 1.27. The topological polar surface area (TPSA) is 65.2 Å². The number of ether oxygens (including phenoxy) is 1. The van der Waals surface area contributed by atoms with Crippen LogP contribution in [0, 0.1) is 3.57 Å². The third-order valence-electron chi connectivity index (χ3n) is 2.13. The predicted octanol–water partition coefficient (Wildman–Crippen LogP) is 3.14. The third-order valence-corrected chi connectivity index (χ3v) is 3.74. The first-order chi connectivity index (χ1) is 9.19. The number of benzene rings is 1. The van der Waals surface area contributed by atoms with Crippen molar-refractivity contribution >= 4 is 40.3 Å². The number of rotatable bonds is 5.